The summed E-state index contributed by atoms with van der Waals surface area (Å²) in [5.41, 5.74) is 4.79. The van der Waals surface area contributed by atoms with Crippen molar-refractivity contribution in [3.8, 4) is 0 Å². The first-order chi connectivity index (χ1) is 16.3. The summed E-state index contributed by atoms with van der Waals surface area (Å²) in [5, 5.41) is 10.9. The van der Waals surface area contributed by atoms with Crippen LogP contribution >= 0.6 is 11.6 Å². The first kappa shape index (κ1) is 26.9. The Hall–Kier alpha value is -1.71. The third-order valence-electron chi connectivity index (χ3n) is 8.93. The van der Waals surface area contributed by atoms with Gasteiger partial charge in [0.2, 0.25) is 0 Å². The van der Waals surface area contributed by atoms with Crippen molar-refractivity contribution in [1.29, 1.82) is 0 Å². The zero-order chi connectivity index (χ0) is 24.9. The standard InChI is InChI=1S/C24H30ClNO.C4H7N.C2H6/c1-23-9-7-18(27)12-16(23)3-4-19-21-6-5-20(15-11-17(25)14-26-13-15)24(21,2)10-8-22(19)23;1-3-5-4-2;1-2/h3,5,11,13-14,18-19,21-22,27H,4,6-10,12H2,1-2H3;3-4H,1H2,2H3;1-2H3/t18?,19?,21-,22?,23?,24?;;/m0../s1. The number of aliphatic imine (C=N–C) groups is 1. The van der Waals surface area contributed by atoms with Crippen LogP contribution in [0.5, 0.6) is 0 Å². The maximum absolute atomic E-state index is 10.2. The molecule has 2 fully saturated rings. The van der Waals surface area contributed by atoms with Crippen LogP contribution in [0, 0.1) is 28.6 Å². The quantitative estimate of drug-likeness (QED) is 0.340. The summed E-state index contributed by atoms with van der Waals surface area (Å²) in [6.45, 7) is 14.2. The lowest BCUT2D eigenvalue weighted by molar-refractivity contribution is -0.0238. The molecule has 0 spiro atoms. The minimum atomic E-state index is -0.121. The van der Waals surface area contributed by atoms with Gasteiger partial charge in [0.1, 0.15) is 0 Å². The van der Waals surface area contributed by atoms with Crippen LogP contribution in [0.2, 0.25) is 5.02 Å². The first-order valence-electron chi connectivity index (χ1n) is 13.1. The lowest BCUT2D eigenvalue weighted by Gasteiger charge is -2.57. The highest BCUT2D eigenvalue weighted by Gasteiger charge is 2.56. The molecule has 0 saturated heterocycles. The van der Waals surface area contributed by atoms with Crippen molar-refractivity contribution in [2.45, 2.75) is 85.7 Å². The third-order valence-corrected chi connectivity index (χ3v) is 9.14. The smallest absolute Gasteiger partial charge is 0.0595 e. The SMILES string of the molecule is C=CN=CC.CC.CC12CCC(O)CC1=CCC1C2CCC2(C)C(c3cncc(Cl)c3)=CC[C@@H]12. The fourth-order valence-corrected chi connectivity index (χ4v) is 7.50. The molecule has 0 amide bonds. The van der Waals surface area contributed by atoms with Crippen LogP contribution in [0.15, 0.2) is 54.0 Å². The second-order valence-electron chi connectivity index (χ2n) is 10.4. The van der Waals surface area contributed by atoms with Gasteiger partial charge < -0.3 is 5.11 Å². The maximum Gasteiger partial charge on any atom is 0.0595 e. The highest BCUT2D eigenvalue weighted by atomic mass is 35.5. The average Bonchev–Trinajstić information content (AvgIpc) is 3.19. The zero-order valence-corrected chi connectivity index (χ0v) is 22.5. The van der Waals surface area contributed by atoms with Gasteiger partial charge in [0.05, 0.1) is 11.1 Å². The van der Waals surface area contributed by atoms with Gasteiger partial charge in [-0.25, -0.2) is 0 Å². The second-order valence-corrected chi connectivity index (χ2v) is 10.9. The number of aliphatic hydroxyl groups excluding tert-OH is 1. The van der Waals surface area contributed by atoms with Crippen molar-refractivity contribution < 1.29 is 5.11 Å². The van der Waals surface area contributed by atoms with Gasteiger partial charge in [-0.15, -0.1) is 0 Å². The Bertz CT molecular complexity index is 951. The van der Waals surface area contributed by atoms with E-state index < -0.39 is 0 Å². The molecule has 6 atom stereocenters. The maximum atomic E-state index is 10.2. The molecule has 5 rings (SSSR count). The van der Waals surface area contributed by atoms with E-state index in [9.17, 15) is 5.11 Å². The summed E-state index contributed by atoms with van der Waals surface area (Å²) >= 11 is 6.24. The van der Waals surface area contributed by atoms with E-state index in [1.54, 1.807) is 18.0 Å². The lowest BCUT2D eigenvalue weighted by atomic mass is 9.47. The monoisotopic (exact) mass is 482 g/mol. The molecular weight excluding hydrogens is 440 g/mol. The molecule has 186 valence electrons. The van der Waals surface area contributed by atoms with Gasteiger partial charge in [0, 0.05) is 24.8 Å². The van der Waals surface area contributed by atoms with Gasteiger partial charge in [-0.3, -0.25) is 9.98 Å². The number of halogens is 1. The van der Waals surface area contributed by atoms with Gasteiger partial charge in [0.25, 0.3) is 0 Å². The Balaban J connectivity index is 0.000000414. The molecule has 1 heterocycles. The second kappa shape index (κ2) is 11.4. The molecule has 0 bridgehead atoms. The van der Waals surface area contributed by atoms with Gasteiger partial charge in [0.15, 0.2) is 0 Å². The molecule has 3 nitrogen and oxygen atoms in total. The molecule has 34 heavy (non-hydrogen) atoms. The number of pyridine rings is 1. The molecule has 0 aromatic carbocycles. The molecule has 1 aromatic heterocycles. The molecule has 2 saturated carbocycles. The van der Waals surface area contributed by atoms with E-state index in [0.29, 0.717) is 11.3 Å². The number of aromatic nitrogens is 1. The van der Waals surface area contributed by atoms with E-state index in [2.05, 4.69) is 48.6 Å². The summed E-state index contributed by atoms with van der Waals surface area (Å²) in [5.74, 6) is 2.24. The number of aliphatic hydroxyl groups is 1. The normalized spacial score (nSPS) is 35.9. The molecule has 5 unspecified atom stereocenters. The number of fused-ring (bicyclic) bond motifs is 5. The van der Waals surface area contributed by atoms with Crippen LogP contribution < -0.4 is 0 Å². The van der Waals surface area contributed by atoms with Gasteiger partial charge in [-0.1, -0.05) is 63.6 Å². The van der Waals surface area contributed by atoms with Crippen LogP contribution in [0.3, 0.4) is 0 Å². The van der Waals surface area contributed by atoms with Crippen molar-refractivity contribution in [2.24, 2.45) is 33.6 Å². The predicted molar refractivity (Wildman–Crippen MR) is 146 cm³/mol. The minimum absolute atomic E-state index is 0.121. The third kappa shape index (κ3) is 4.97. The molecular formula is C30H43ClN2O. The Morgan fingerprint density at radius 3 is 2.47 bits per heavy atom. The van der Waals surface area contributed by atoms with E-state index in [1.165, 1.54) is 43.0 Å². The predicted octanol–water partition coefficient (Wildman–Crippen LogP) is 8.30. The first-order valence-corrected chi connectivity index (χ1v) is 13.5. The van der Waals surface area contributed by atoms with Crippen molar-refractivity contribution >= 4 is 23.4 Å². The summed E-state index contributed by atoms with van der Waals surface area (Å²) in [7, 11) is 0. The molecule has 4 aliphatic carbocycles. The number of hydrogen-bond donors (Lipinski definition) is 1. The van der Waals surface area contributed by atoms with E-state index in [-0.39, 0.29) is 11.5 Å². The Labute approximate surface area is 212 Å². The summed E-state index contributed by atoms with van der Waals surface area (Å²) in [6.07, 6.45) is 19.7. The van der Waals surface area contributed by atoms with Crippen LogP contribution in [0.4, 0.5) is 0 Å². The van der Waals surface area contributed by atoms with Crippen molar-refractivity contribution in [3.05, 3.63) is 59.6 Å². The number of rotatable bonds is 2. The topological polar surface area (TPSA) is 45.5 Å². The number of nitrogens with zero attached hydrogens (tertiary/aromatic N) is 2. The van der Waals surface area contributed by atoms with Crippen LogP contribution in [0.25, 0.3) is 5.57 Å². The Kier molecular flexibility index (Phi) is 8.98. The highest BCUT2D eigenvalue weighted by molar-refractivity contribution is 6.30. The molecule has 4 heteroatoms. The molecule has 0 radical (unpaired) electrons. The molecule has 4 aliphatic rings. The summed E-state index contributed by atoms with van der Waals surface area (Å²) in [4.78, 5) is 7.96. The van der Waals surface area contributed by atoms with Crippen LogP contribution in [-0.2, 0) is 0 Å². The van der Waals surface area contributed by atoms with E-state index in [0.717, 1.165) is 36.1 Å². The van der Waals surface area contributed by atoms with Gasteiger partial charge in [-0.2, -0.15) is 0 Å². The highest BCUT2D eigenvalue weighted by Crippen LogP contribution is 2.66. The lowest BCUT2D eigenvalue weighted by Crippen LogP contribution is -2.49. The molecule has 0 aliphatic heterocycles. The fraction of sp³-hybridized carbons (Fsp3) is 0.600. The Morgan fingerprint density at radius 2 is 1.82 bits per heavy atom. The minimum Gasteiger partial charge on any atom is -0.393 e. The fourth-order valence-electron chi connectivity index (χ4n) is 7.32. The van der Waals surface area contributed by atoms with E-state index >= 15 is 0 Å². The van der Waals surface area contributed by atoms with Crippen molar-refractivity contribution in [3.63, 3.8) is 0 Å². The molecule has 1 N–H and O–H groups in total. The summed E-state index contributed by atoms with van der Waals surface area (Å²) < 4.78 is 0. The zero-order valence-electron chi connectivity index (χ0n) is 21.7. The van der Waals surface area contributed by atoms with Crippen molar-refractivity contribution in [2.75, 3.05) is 0 Å². The summed E-state index contributed by atoms with van der Waals surface area (Å²) in [6, 6.07) is 2.09. The van der Waals surface area contributed by atoms with E-state index in [1.807, 2.05) is 27.0 Å². The van der Waals surface area contributed by atoms with Gasteiger partial charge >= 0.3 is 0 Å². The number of allylic oxidation sites excluding steroid dienone is 3. The van der Waals surface area contributed by atoms with Crippen molar-refractivity contribution in [1.82, 2.24) is 4.98 Å². The van der Waals surface area contributed by atoms with E-state index in [4.69, 9.17) is 11.6 Å². The van der Waals surface area contributed by atoms with Crippen LogP contribution in [-0.4, -0.2) is 22.4 Å². The van der Waals surface area contributed by atoms with Gasteiger partial charge in [-0.05, 0) is 97.7 Å². The van der Waals surface area contributed by atoms with Crippen LogP contribution in [0.1, 0.15) is 85.1 Å². The molecule has 1 aromatic rings. The largest absolute Gasteiger partial charge is 0.393 e. The number of hydrogen-bond acceptors (Lipinski definition) is 3. The Morgan fingerprint density at radius 1 is 1.09 bits per heavy atom. The average molecular weight is 483 g/mol.